The molecule has 0 saturated carbocycles. The average Bonchev–Trinajstić information content (AvgIpc) is 2.96. The van der Waals surface area contributed by atoms with Gasteiger partial charge in [0.05, 0.1) is 19.3 Å². The average molecular weight is 372 g/mol. The molecule has 0 saturated heterocycles. The first kappa shape index (κ1) is 18.3. The molecule has 1 aromatic heterocycles. The third-order valence-electron chi connectivity index (χ3n) is 4.45. The Morgan fingerprint density at radius 2 is 1.88 bits per heavy atom. The van der Waals surface area contributed by atoms with E-state index >= 15 is 0 Å². The molecule has 0 amide bonds. The topological polar surface area (TPSA) is 51.3 Å². The first-order chi connectivity index (χ1) is 12.6. The number of aromatic nitrogens is 1. The number of esters is 1. The Morgan fingerprint density at radius 1 is 1.12 bits per heavy atom. The fourth-order valence-corrected chi connectivity index (χ4v) is 3.25. The lowest BCUT2D eigenvalue weighted by molar-refractivity contribution is 0.0600. The van der Waals surface area contributed by atoms with Crippen LogP contribution in [0.2, 0.25) is 5.02 Å². The fourth-order valence-electron chi connectivity index (χ4n) is 3.08. The van der Waals surface area contributed by atoms with Crippen molar-refractivity contribution < 1.29 is 14.3 Å². The van der Waals surface area contributed by atoms with Crippen molar-refractivity contribution in [3.8, 4) is 5.75 Å². The lowest BCUT2D eigenvalue weighted by atomic mass is 10.0. The highest BCUT2D eigenvalue weighted by molar-refractivity contribution is 6.31. The predicted octanol–water partition coefficient (Wildman–Crippen LogP) is 5.32. The maximum Gasteiger partial charge on any atom is 0.337 e. The quantitative estimate of drug-likeness (QED) is 0.451. The standard InChI is InChI=1S/C21H22ClNO3/c1-14-18(19-13-16(22)8-11-20(19)23-14)5-3-4-12-26-17-9-6-15(7-10-17)21(24)25-2/h6-11,13,23H,3-5,12H2,1-2H3. The summed E-state index contributed by atoms with van der Waals surface area (Å²) in [5.41, 5.74) is 4.17. The van der Waals surface area contributed by atoms with Crippen LogP contribution < -0.4 is 4.74 Å². The molecule has 2 aromatic carbocycles. The number of H-pyrrole nitrogens is 1. The molecule has 5 heteroatoms. The number of benzene rings is 2. The van der Waals surface area contributed by atoms with E-state index in [1.807, 2.05) is 18.2 Å². The van der Waals surface area contributed by atoms with Crippen LogP contribution in [0.15, 0.2) is 42.5 Å². The Morgan fingerprint density at radius 3 is 2.62 bits per heavy atom. The SMILES string of the molecule is COC(=O)c1ccc(OCCCCc2c(C)[nH]c3ccc(Cl)cc23)cc1. The van der Waals surface area contributed by atoms with Crippen LogP contribution in [0, 0.1) is 6.92 Å². The molecule has 3 aromatic rings. The van der Waals surface area contributed by atoms with Gasteiger partial charge in [0.25, 0.3) is 0 Å². The zero-order valence-electron chi connectivity index (χ0n) is 15.0. The van der Waals surface area contributed by atoms with Crippen molar-refractivity contribution in [3.05, 3.63) is 64.3 Å². The van der Waals surface area contributed by atoms with Crippen LogP contribution in [0.1, 0.15) is 34.5 Å². The lowest BCUT2D eigenvalue weighted by Gasteiger charge is -2.07. The zero-order chi connectivity index (χ0) is 18.5. The molecule has 136 valence electrons. The molecule has 0 unspecified atom stereocenters. The molecule has 1 N–H and O–H groups in total. The van der Waals surface area contributed by atoms with Gasteiger partial charge in [-0.2, -0.15) is 0 Å². The molecule has 0 radical (unpaired) electrons. The second-order valence-corrected chi connectivity index (χ2v) is 6.68. The summed E-state index contributed by atoms with van der Waals surface area (Å²) in [6.45, 7) is 2.74. The number of carbonyl (C=O) groups excluding carboxylic acids is 1. The van der Waals surface area contributed by atoms with Crippen molar-refractivity contribution >= 4 is 28.5 Å². The van der Waals surface area contributed by atoms with Gasteiger partial charge in [-0.25, -0.2) is 4.79 Å². The van der Waals surface area contributed by atoms with E-state index in [9.17, 15) is 4.79 Å². The van der Waals surface area contributed by atoms with E-state index in [0.29, 0.717) is 12.2 Å². The smallest absolute Gasteiger partial charge is 0.337 e. The summed E-state index contributed by atoms with van der Waals surface area (Å²) in [6.07, 6.45) is 2.96. The highest BCUT2D eigenvalue weighted by Gasteiger charge is 2.09. The summed E-state index contributed by atoms with van der Waals surface area (Å²) >= 11 is 6.13. The Labute approximate surface area is 158 Å². The number of halogens is 1. The normalized spacial score (nSPS) is 10.9. The van der Waals surface area contributed by atoms with Gasteiger partial charge in [-0.3, -0.25) is 0 Å². The van der Waals surface area contributed by atoms with Crippen LogP contribution in [0.4, 0.5) is 0 Å². The monoisotopic (exact) mass is 371 g/mol. The van der Waals surface area contributed by atoms with Gasteiger partial charge in [0.2, 0.25) is 0 Å². The van der Waals surface area contributed by atoms with Gasteiger partial charge in [0.15, 0.2) is 0 Å². The summed E-state index contributed by atoms with van der Waals surface area (Å²) in [4.78, 5) is 14.8. The maximum absolute atomic E-state index is 11.4. The van der Waals surface area contributed by atoms with E-state index in [4.69, 9.17) is 16.3 Å². The van der Waals surface area contributed by atoms with Crippen LogP contribution in [-0.2, 0) is 11.2 Å². The van der Waals surface area contributed by atoms with Crippen LogP contribution in [-0.4, -0.2) is 24.7 Å². The molecule has 26 heavy (non-hydrogen) atoms. The fraction of sp³-hybridized carbons (Fsp3) is 0.286. The second-order valence-electron chi connectivity index (χ2n) is 6.24. The van der Waals surface area contributed by atoms with Crippen molar-refractivity contribution in [2.75, 3.05) is 13.7 Å². The molecule has 0 spiro atoms. The molecule has 3 rings (SSSR count). The first-order valence-corrected chi connectivity index (χ1v) is 9.04. The van der Waals surface area contributed by atoms with Crippen molar-refractivity contribution in [2.24, 2.45) is 0 Å². The summed E-state index contributed by atoms with van der Waals surface area (Å²) in [5.74, 6) is 0.415. The summed E-state index contributed by atoms with van der Waals surface area (Å²) in [5, 5.41) is 1.96. The van der Waals surface area contributed by atoms with E-state index < -0.39 is 0 Å². The van der Waals surface area contributed by atoms with E-state index in [1.165, 1.54) is 23.8 Å². The van der Waals surface area contributed by atoms with Crippen molar-refractivity contribution in [3.63, 3.8) is 0 Å². The Bertz CT molecular complexity index is 900. The van der Waals surface area contributed by atoms with E-state index in [-0.39, 0.29) is 5.97 Å². The number of aromatic amines is 1. The first-order valence-electron chi connectivity index (χ1n) is 8.66. The van der Waals surface area contributed by atoms with Crippen LogP contribution in [0.3, 0.4) is 0 Å². The Kier molecular flexibility index (Phi) is 5.84. The number of rotatable bonds is 7. The maximum atomic E-state index is 11.4. The predicted molar refractivity (Wildman–Crippen MR) is 104 cm³/mol. The van der Waals surface area contributed by atoms with E-state index in [1.54, 1.807) is 24.3 Å². The Balaban J connectivity index is 1.50. The van der Waals surface area contributed by atoms with Crippen LogP contribution in [0.25, 0.3) is 10.9 Å². The van der Waals surface area contributed by atoms with Gasteiger partial charge in [-0.15, -0.1) is 0 Å². The minimum Gasteiger partial charge on any atom is -0.494 e. The summed E-state index contributed by atoms with van der Waals surface area (Å²) in [6, 6.07) is 12.9. The molecular weight excluding hydrogens is 350 g/mol. The molecule has 1 heterocycles. The lowest BCUT2D eigenvalue weighted by Crippen LogP contribution is -2.02. The molecule has 0 bridgehead atoms. The van der Waals surface area contributed by atoms with E-state index in [0.717, 1.165) is 35.6 Å². The van der Waals surface area contributed by atoms with Gasteiger partial charge < -0.3 is 14.5 Å². The number of aryl methyl sites for hydroxylation is 2. The minimum absolute atomic E-state index is 0.342. The van der Waals surface area contributed by atoms with Gasteiger partial charge in [0.1, 0.15) is 5.75 Å². The van der Waals surface area contributed by atoms with Gasteiger partial charge in [-0.1, -0.05) is 11.6 Å². The largest absolute Gasteiger partial charge is 0.494 e. The van der Waals surface area contributed by atoms with Crippen molar-refractivity contribution in [1.29, 1.82) is 0 Å². The van der Waals surface area contributed by atoms with Gasteiger partial charge in [0, 0.05) is 21.6 Å². The highest BCUT2D eigenvalue weighted by Crippen LogP contribution is 2.26. The minimum atomic E-state index is -0.342. The van der Waals surface area contributed by atoms with Crippen LogP contribution >= 0.6 is 11.6 Å². The van der Waals surface area contributed by atoms with Gasteiger partial charge in [-0.05, 0) is 74.2 Å². The molecule has 0 atom stereocenters. The molecule has 0 aliphatic rings. The molecule has 0 fully saturated rings. The van der Waals surface area contributed by atoms with Gasteiger partial charge >= 0.3 is 5.97 Å². The number of methoxy groups -OCH3 is 1. The number of unbranched alkanes of at least 4 members (excludes halogenated alkanes) is 1. The number of hydrogen-bond acceptors (Lipinski definition) is 3. The van der Waals surface area contributed by atoms with Crippen LogP contribution in [0.5, 0.6) is 5.75 Å². The zero-order valence-corrected chi connectivity index (χ0v) is 15.7. The molecule has 0 aliphatic carbocycles. The third kappa shape index (κ3) is 4.20. The molecular formula is C21H22ClNO3. The summed E-state index contributed by atoms with van der Waals surface area (Å²) < 4.78 is 10.4. The van der Waals surface area contributed by atoms with Crippen molar-refractivity contribution in [1.82, 2.24) is 4.98 Å². The molecule has 4 nitrogen and oxygen atoms in total. The van der Waals surface area contributed by atoms with E-state index in [2.05, 4.69) is 16.6 Å². The summed E-state index contributed by atoms with van der Waals surface area (Å²) in [7, 11) is 1.37. The number of nitrogens with one attached hydrogen (secondary N) is 1. The highest BCUT2D eigenvalue weighted by atomic mass is 35.5. The Hall–Kier alpha value is -2.46. The third-order valence-corrected chi connectivity index (χ3v) is 4.68. The second kappa shape index (κ2) is 8.28. The number of fused-ring (bicyclic) bond motifs is 1. The number of hydrogen-bond donors (Lipinski definition) is 1. The van der Waals surface area contributed by atoms with Crippen molar-refractivity contribution in [2.45, 2.75) is 26.2 Å². The number of carbonyl (C=O) groups is 1. The molecule has 0 aliphatic heterocycles. The number of ether oxygens (including phenoxy) is 2.